The predicted octanol–water partition coefficient (Wildman–Crippen LogP) is 2.07. The Morgan fingerprint density at radius 3 is 2.83 bits per heavy atom. The van der Waals surface area contributed by atoms with Gasteiger partial charge >= 0.3 is 5.76 Å². The highest BCUT2D eigenvalue weighted by Crippen LogP contribution is 2.18. The van der Waals surface area contributed by atoms with Gasteiger partial charge in [-0.05, 0) is 19.1 Å². The Labute approximate surface area is 103 Å². The smallest absolute Gasteiger partial charge is 0.386 e. The second-order valence-electron chi connectivity index (χ2n) is 3.88. The maximum Gasteiger partial charge on any atom is 0.437 e. The van der Waals surface area contributed by atoms with Gasteiger partial charge in [0.15, 0.2) is 0 Å². The highest BCUT2D eigenvalue weighted by Gasteiger charge is 2.10. The number of nitrogens with zero attached hydrogens (tertiary/aromatic N) is 3. The van der Waals surface area contributed by atoms with Crippen LogP contribution in [-0.4, -0.2) is 14.8 Å². The van der Waals surface area contributed by atoms with Gasteiger partial charge in [-0.25, -0.2) is 9.78 Å². The fourth-order valence-corrected chi connectivity index (χ4v) is 1.79. The first-order valence-corrected chi connectivity index (χ1v) is 5.72. The minimum atomic E-state index is -0.456. The molecule has 90 valence electrons. The lowest BCUT2D eigenvalue weighted by molar-refractivity contribution is 0.489. The quantitative estimate of drug-likeness (QED) is 0.689. The summed E-state index contributed by atoms with van der Waals surface area (Å²) in [6.07, 6.45) is 0. The number of pyridine rings is 1. The maximum absolute atomic E-state index is 11.4. The van der Waals surface area contributed by atoms with Crippen molar-refractivity contribution in [2.24, 2.45) is 0 Å². The number of hydrogen-bond donors (Lipinski definition) is 0. The lowest BCUT2D eigenvalue weighted by Gasteiger charge is -1.98. The largest absolute Gasteiger partial charge is 0.437 e. The summed E-state index contributed by atoms with van der Waals surface area (Å²) in [7, 11) is 0. The average Bonchev–Trinajstić information content (AvgIpc) is 2.79. The van der Waals surface area contributed by atoms with Gasteiger partial charge in [-0.3, -0.25) is 0 Å². The van der Waals surface area contributed by atoms with Gasteiger partial charge in [0, 0.05) is 11.9 Å². The van der Waals surface area contributed by atoms with Crippen molar-refractivity contribution in [3.63, 3.8) is 0 Å². The normalized spacial score (nSPS) is 10.9. The molecule has 0 saturated heterocycles. The zero-order chi connectivity index (χ0) is 12.5. The van der Waals surface area contributed by atoms with Crippen LogP contribution in [0.2, 0.25) is 0 Å². The van der Waals surface area contributed by atoms with Crippen LogP contribution in [0.5, 0.6) is 0 Å². The molecule has 0 saturated carbocycles. The summed E-state index contributed by atoms with van der Waals surface area (Å²) < 4.78 is 6.34. The van der Waals surface area contributed by atoms with Crippen LogP contribution in [0.15, 0.2) is 45.6 Å². The number of rotatable bonds is 2. The van der Waals surface area contributed by atoms with E-state index in [0.29, 0.717) is 12.2 Å². The molecule has 0 N–H and O–H groups in total. The third kappa shape index (κ3) is 1.69. The molecule has 3 rings (SSSR count). The topological polar surface area (TPSA) is 60.9 Å². The second-order valence-corrected chi connectivity index (χ2v) is 3.88. The Kier molecular flexibility index (Phi) is 2.44. The summed E-state index contributed by atoms with van der Waals surface area (Å²) in [5.41, 5.74) is 1.42. The van der Waals surface area contributed by atoms with Gasteiger partial charge in [0.2, 0.25) is 0 Å². The zero-order valence-corrected chi connectivity index (χ0v) is 9.83. The molecule has 0 spiro atoms. The van der Waals surface area contributed by atoms with E-state index in [1.165, 1.54) is 4.68 Å². The summed E-state index contributed by atoms with van der Waals surface area (Å²) in [4.78, 5) is 15.8. The first-order valence-electron chi connectivity index (χ1n) is 5.72. The Morgan fingerprint density at radius 2 is 2.06 bits per heavy atom. The molecule has 0 aliphatic heterocycles. The second kappa shape index (κ2) is 4.10. The molecule has 0 unspecified atom stereocenters. The molecule has 0 aliphatic rings. The molecular formula is C13H11N3O2. The van der Waals surface area contributed by atoms with Gasteiger partial charge in [-0.1, -0.05) is 24.3 Å². The number of benzene rings is 1. The Hall–Kier alpha value is -2.43. The van der Waals surface area contributed by atoms with Gasteiger partial charge in [0.05, 0.1) is 5.52 Å². The van der Waals surface area contributed by atoms with E-state index in [9.17, 15) is 4.79 Å². The summed E-state index contributed by atoms with van der Waals surface area (Å²) >= 11 is 0. The van der Waals surface area contributed by atoms with Crippen molar-refractivity contribution in [1.29, 1.82) is 0 Å². The average molecular weight is 241 g/mol. The summed E-state index contributed by atoms with van der Waals surface area (Å²) in [6, 6.07) is 11.5. The zero-order valence-electron chi connectivity index (χ0n) is 9.83. The van der Waals surface area contributed by atoms with Crippen molar-refractivity contribution >= 4 is 10.9 Å². The Balaban J connectivity index is 2.16. The third-order valence-corrected chi connectivity index (χ3v) is 2.72. The molecule has 5 nitrogen and oxygen atoms in total. The predicted molar refractivity (Wildman–Crippen MR) is 67.2 cm³/mol. The van der Waals surface area contributed by atoms with Crippen LogP contribution in [-0.2, 0) is 6.54 Å². The van der Waals surface area contributed by atoms with Gasteiger partial charge < -0.3 is 4.42 Å². The van der Waals surface area contributed by atoms with Crippen molar-refractivity contribution in [2.75, 3.05) is 0 Å². The van der Waals surface area contributed by atoms with Gasteiger partial charge in [-0.15, -0.1) is 5.10 Å². The molecule has 0 bridgehead atoms. The Morgan fingerprint density at radius 1 is 1.22 bits per heavy atom. The Bertz CT molecular complexity index is 758. The number of para-hydroxylation sites is 1. The molecule has 0 atom stereocenters. The van der Waals surface area contributed by atoms with Crippen LogP contribution in [0.25, 0.3) is 22.5 Å². The van der Waals surface area contributed by atoms with Crippen LogP contribution in [0, 0.1) is 0 Å². The molecule has 5 heteroatoms. The van der Waals surface area contributed by atoms with Crippen LogP contribution < -0.4 is 5.76 Å². The monoisotopic (exact) mass is 241 g/mol. The number of aryl methyl sites for hydroxylation is 1. The van der Waals surface area contributed by atoms with Crippen LogP contribution >= 0.6 is 0 Å². The van der Waals surface area contributed by atoms with E-state index < -0.39 is 5.76 Å². The van der Waals surface area contributed by atoms with E-state index in [4.69, 9.17) is 4.42 Å². The molecule has 3 aromatic rings. The van der Waals surface area contributed by atoms with Crippen molar-refractivity contribution in [3.8, 4) is 11.6 Å². The van der Waals surface area contributed by atoms with E-state index in [1.807, 2.05) is 37.3 Å². The first-order chi connectivity index (χ1) is 8.78. The molecule has 1 aromatic carbocycles. The molecule has 18 heavy (non-hydrogen) atoms. The van der Waals surface area contributed by atoms with Crippen molar-refractivity contribution in [3.05, 3.63) is 46.9 Å². The van der Waals surface area contributed by atoms with Gasteiger partial charge in [0.1, 0.15) is 5.69 Å². The van der Waals surface area contributed by atoms with Gasteiger partial charge in [-0.2, -0.15) is 4.68 Å². The SMILES string of the molecule is CCn1nc(-c2ccc3ccccc3n2)oc1=O. The minimum Gasteiger partial charge on any atom is -0.386 e. The number of hydrogen-bond acceptors (Lipinski definition) is 4. The molecule has 0 aliphatic carbocycles. The van der Waals surface area contributed by atoms with Crippen LogP contribution in [0.1, 0.15) is 6.92 Å². The molecule has 2 aromatic heterocycles. The molecule has 2 heterocycles. The van der Waals surface area contributed by atoms with E-state index in [1.54, 1.807) is 6.07 Å². The van der Waals surface area contributed by atoms with E-state index in [0.717, 1.165) is 10.9 Å². The van der Waals surface area contributed by atoms with Crippen LogP contribution in [0.3, 0.4) is 0 Å². The first kappa shape index (κ1) is 10.7. The standard InChI is InChI=1S/C13H11N3O2/c1-2-16-13(17)18-12(15-16)11-8-7-9-5-3-4-6-10(9)14-11/h3-8H,2H2,1H3. The minimum absolute atomic E-state index is 0.257. The molecule has 0 radical (unpaired) electrons. The fraction of sp³-hybridized carbons (Fsp3) is 0.154. The third-order valence-electron chi connectivity index (χ3n) is 2.72. The number of fused-ring (bicyclic) bond motifs is 1. The molecular weight excluding hydrogens is 230 g/mol. The summed E-state index contributed by atoms with van der Waals surface area (Å²) in [5.74, 6) is -0.199. The van der Waals surface area contributed by atoms with Crippen molar-refractivity contribution in [2.45, 2.75) is 13.5 Å². The fourth-order valence-electron chi connectivity index (χ4n) is 1.79. The highest BCUT2D eigenvalue weighted by atomic mass is 16.4. The van der Waals surface area contributed by atoms with Crippen molar-refractivity contribution < 1.29 is 4.42 Å². The van der Waals surface area contributed by atoms with Crippen LogP contribution in [0.4, 0.5) is 0 Å². The summed E-state index contributed by atoms with van der Waals surface area (Å²) in [5, 5.41) is 5.12. The molecule has 0 fully saturated rings. The maximum atomic E-state index is 11.4. The van der Waals surface area contributed by atoms with E-state index >= 15 is 0 Å². The molecule has 0 amide bonds. The lowest BCUT2D eigenvalue weighted by atomic mass is 10.2. The van der Waals surface area contributed by atoms with Crippen molar-refractivity contribution in [1.82, 2.24) is 14.8 Å². The summed E-state index contributed by atoms with van der Waals surface area (Å²) in [6.45, 7) is 2.32. The lowest BCUT2D eigenvalue weighted by Crippen LogP contribution is -2.13. The highest BCUT2D eigenvalue weighted by molar-refractivity contribution is 5.80. The van der Waals surface area contributed by atoms with Gasteiger partial charge in [0.25, 0.3) is 5.89 Å². The number of aromatic nitrogens is 3. The van der Waals surface area contributed by atoms with E-state index in [-0.39, 0.29) is 5.89 Å². The van der Waals surface area contributed by atoms with E-state index in [2.05, 4.69) is 10.1 Å².